The molecule has 0 bridgehead atoms. The smallest absolute Gasteiger partial charge is 0.246 e. The second-order valence-electron chi connectivity index (χ2n) is 4.58. The summed E-state index contributed by atoms with van der Waals surface area (Å²) in [7, 11) is 0. The number of nitrogens with one attached hydrogen (secondary N) is 1. The van der Waals surface area contributed by atoms with Crippen molar-refractivity contribution in [2.75, 3.05) is 13.2 Å². The van der Waals surface area contributed by atoms with Crippen molar-refractivity contribution < 1.29 is 9.53 Å². The van der Waals surface area contributed by atoms with E-state index in [2.05, 4.69) is 19.2 Å². The fourth-order valence-corrected chi connectivity index (χ4v) is 1.24. The molecule has 0 aromatic heterocycles. The Labute approximate surface area is 98.9 Å². The second kappa shape index (κ2) is 7.63. The van der Waals surface area contributed by atoms with Crippen molar-refractivity contribution in [1.29, 1.82) is 0 Å². The Morgan fingerprint density at radius 3 is 2.38 bits per heavy atom. The summed E-state index contributed by atoms with van der Waals surface area (Å²) >= 11 is 0. The zero-order valence-electron chi connectivity index (χ0n) is 11.0. The predicted octanol–water partition coefficient (Wildman–Crippen LogP) is 1.44. The van der Waals surface area contributed by atoms with Crippen molar-refractivity contribution in [2.45, 2.75) is 58.5 Å². The van der Waals surface area contributed by atoms with Crippen LogP contribution >= 0.6 is 0 Å². The summed E-state index contributed by atoms with van der Waals surface area (Å²) in [5.41, 5.74) is 5.56. The number of nitrogens with two attached hydrogens (primary N) is 1. The monoisotopic (exact) mass is 230 g/mol. The molecule has 1 atom stereocenters. The van der Waals surface area contributed by atoms with Gasteiger partial charge >= 0.3 is 0 Å². The molecule has 0 aliphatic carbocycles. The van der Waals surface area contributed by atoms with E-state index in [0.717, 1.165) is 19.3 Å². The van der Waals surface area contributed by atoms with E-state index in [1.54, 1.807) is 0 Å². The summed E-state index contributed by atoms with van der Waals surface area (Å²) < 4.78 is 5.30. The highest BCUT2D eigenvalue weighted by molar-refractivity contribution is 5.77. The van der Waals surface area contributed by atoms with Crippen LogP contribution in [-0.4, -0.2) is 30.7 Å². The number of hydrogen-bond donors (Lipinski definition) is 2. The normalized spacial score (nSPS) is 14.9. The standard InChI is InChI=1S/C12H26N2O2/c1-5-10(6-2)14-11(15)8-16-9-12(4,13)7-3/h10H,5-9,13H2,1-4H3,(H,14,15). The van der Waals surface area contributed by atoms with Crippen LogP contribution < -0.4 is 11.1 Å². The lowest BCUT2D eigenvalue weighted by Gasteiger charge is -2.22. The maximum absolute atomic E-state index is 11.5. The van der Waals surface area contributed by atoms with Gasteiger partial charge in [0.2, 0.25) is 5.91 Å². The molecule has 0 fully saturated rings. The third-order valence-electron chi connectivity index (χ3n) is 2.82. The minimum absolute atomic E-state index is 0.0550. The van der Waals surface area contributed by atoms with E-state index < -0.39 is 0 Å². The molecule has 0 radical (unpaired) electrons. The van der Waals surface area contributed by atoms with Gasteiger partial charge in [0.05, 0.1) is 6.61 Å². The number of hydrogen-bond acceptors (Lipinski definition) is 3. The topological polar surface area (TPSA) is 64.3 Å². The van der Waals surface area contributed by atoms with Crippen molar-refractivity contribution in [3.05, 3.63) is 0 Å². The third-order valence-corrected chi connectivity index (χ3v) is 2.82. The van der Waals surface area contributed by atoms with Crippen LogP contribution in [0.1, 0.15) is 47.0 Å². The van der Waals surface area contributed by atoms with Gasteiger partial charge in [0.15, 0.2) is 0 Å². The van der Waals surface area contributed by atoms with Crippen LogP contribution in [0.25, 0.3) is 0 Å². The fourth-order valence-electron chi connectivity index (χ4n) is 1.24. The number of rotatable bonds is 8. The Balaban J connectivity index is 3.74. The van der Waals surface area contributed by atoms with Crippen LogP contribution in [0.2, 0.25) is 0 Å². The minimum Gasteiger partial charge on any atom is -0.370 e. The van der Waals surface area contributed by atoms with Gasteiger partial charge in [-0.05, 0) is 26.2 Å². The molecule has 1 unspecified atom stereocenters. The Hall–Kier alpha value is -0.610. The van der Waals surface area contributed by atoms with Gasteiger partial charge in [0, 0.05) is 11.6 Å². The number of ether oxygens (including phenoxy) is 1. The van der Waals surface area contributed by atoms with E-state index in [-0.39, 0.29) is 24.1 Å². The largest absolute Gasteiger partial charge is 0.370 e. The van der Waals surface area contributed by atoms with Crippen molar-refractivity contribution in [1.82, 2.24) is 5.32 Å². The summed E-state index contributed by atoms with van der Waals surface area (Å²) in [5.74, 6) is -0.0550. The van der Waals surface area contributed by atoms with Crippen LogP contribution in [0.4, 0.5) is 0 Å². The number of carbonyl (C=O) groups excluding carboxylic acids is 1. The first kappa shape index (κ1) is 15.4. The Morgan fingerprint density at radius 2 is 1.94 bits per heavy atom. The van der Waals surface area contributed by atoms with E-state index in [0.29, 0.717) is 6.61 Å². The molecule has 4 heteroatoms. The van der Waals surface area contributed by atoms with Crippen molar-refractivity contribution in [2.24, 2.45) is 5.73 Å². The molecule has 0 aliphatic heterocycles. The van der Waals surface area contributed by atoms with Crippen LogP contribution in [0, 0.1) is 0 Å². The zero-order chi connectivity index (χ0) is 12.6. The summed E-state index contributed by atoms with van der Waals surface area (Å²) in [6, 6.07) is 0.256. The van der Waals surface area contributed by atoms with Gasteiger partial charge in [-0.25, -0.2) is 0 Å². The average Bonchev–Trinajstić information content (AvgIpc) is 2.25. The lowest BCUT2D eigenvalue weighted by molar-refractivity contribution is -0.127. The summed E-state index contributed by atoms with van der Waals surface area (Å²) in [6.07, 6.45) is 2.73. The van der Waals surface area contributed by atoms with E-state index in [1.165, 1.54) is 0 Å². The molecule has 0 saturated heterocycles. The van der Waals surface area contributed by atoms with Crippen LogP contribution in [0.3, 0.4) is 0 Å². The van der Waals surface area contributed by atoms with E-state index in [1.807, 2.05) is 13.8 Å². The lowest BCUT2D eigenvalue weighted by atomic mass is 10.0. The molecule has 1 amide bonds. The SMILES string of the molecule is CCC(CC)NC(=O)COCC(C)(N)CC. The van der Waals surface area contributed by atoms with Gasteiger partial charge < -0.3 is 15.8 Å². The number of amides is 1. The van der Waals surface area contributed by atoms with Gasteiger partial charge in [-0.15, -0.1) is 0 Å². The highest BCUT2D eigenvalue weighted by Crippen LogP contribution is 2.04. The summed E-state index contributed by atoms with van der Waals surface area (Å²) in [6.45, 7) is 8.56. The molecule has 0 aromatic carbocycles. The maximum atomic E-state index is 11.5. The minimum atomic E-state index is -0.338. The third kappa shape index (κ3) is 6.80. The molecule has 0 rings (SSSR count). The Kier molecular flexibility index (Phi) is 7.34. The molecule has 0 spiro atoms. The first-order valence-corrected chi connectivity index (χ1v) is 6.11. The molecular formula is C12H26N2O2. The predicted molar refractivity (Wildman–Crippen MR) is 66.2 cm³/mol. The Bertz CT molecular complexity index is 201. The molecule has 0 heterocycles. The van der Waals surface area contributed by atoms with Crippen LogP contribution in [0.5, 0.6) is 0 Å². The number of carbonyl (C=O) groups is 1. The van der Waals surface area contributed by atoms with Gasteiger partial charge in [0.25, 0.3) is 0 Å². The van der Waals surface area contributed by atoms with E-state index >= 15 is 0 Å². The summed E-state index contributed by atoms with van der Waals surface area (Å²) in [4.78, 5) is 11.5. The van der Waals surface area contributed by atoms with Gasteiger partial charge in [-0.3, -0.25) is 4.79 Å². The first-order valence-electron chi connectivity index (χ1n) is 6.11. The molecule has 0 aliphatic rings. The van der Waals surface area contributed by atoms with Crippen molar-refractivity contribution in [3.8, 4) is 0 Å². The maximum Gasteiger partial charge on any atom is 0.246 e. The van der Waals surface area contributed by atoms with Gasteiger partial charge in [0.1, 0.15) is 6.61 Å². The fraction of sp³-hybridized carbons (Fsp3) is 0.917. The van der Waals surface area contributed by atoms with Crippen molar-refractivity contribution >= 4 is 5.91 Å². The van der Waals surface area contributed by atoms with Crippen LogP contribution in [0.15, 0.2) is 0 Å². The van der Waals surface area contributed by atoms with Gasteiger partial charge in [-0.2, -0.15) is 0 Å². The quantitative estimate of drug-likeness (QED) is 0.663. The highest BCUT2D eigenvalue weighted by Gasteiger charge is 2.16. The second-order valence-corrected chi connectivity index (χ2v) is 4.58. The molecular weight excluding hydrogens is 204 g/mol. The van der Waals surface area contributed by atoms with Gasteiger partial charge in [-0.1, -0.05) is 20.8 Å². The molecule has 0 saturated carbocycles. The molecule has 3 N–H and O–H groups in total. The first-order chi connectivity index (χ1) is 7.45. The highest BCUT2D eigenvalue weighted by atomic mass is 16.5. The lowest BCUT2D eigenvalue weighted by Crippen LogP contribution is -2.42. The molecule has 16 heavy (non-hydrogen) atoms. The van der Waals surface area contributed by atoms with Crippen LogP contribution in [-0.2, 0) is 9.53 Å². The molecule has 96 valence electrons. The molecule has 0 aromatic rings. The zero-order valence-corrected chi connectivity index (χ0v) is 11.0. The van der Waals surface area contributed by atoms with Crippen molar-refractivity contribution in [3.63, 3.8) is 0 Å². The Morgan fingerprint density at radius 1 is 1.38 bits per heavy atom. The van der Waals surface area contributed by atoms with E-state index in [4.69, 9.17) is 10.5 Å². The van der Waals surface area contributed by atoms with E-state index in [9.17, 15) is 4.79 Å². The summed E-state index contributed by atoms with van der Waals surface area (Å²) in [5, 5.41) is 2.92. The molecule has 4 nitrogen and oxygen atoms in total. The average molecular weight is 230 g/mol.